The summed E-state index contributed by atoms with van der Waals surface area (Å²) in [5.41, 5.74) is 2.68. The van der Waals surface area contributed by atoms with E-state index in [2.05, 4.69) is 4.90 Å². The van der Waals surface area contributed by atoms with Gasteiger partial charge in [0, 0.05) is 11.3 Å². The van der Waals surface area contributed by atoms with Crippen LogP contribution in [0.2, 0.25) is 0 Å². The molecule has 0 bridgehead atoms. The van der Waals surface area contributed by atoms with Gasteiger partial charge in [0.1, 0.15) is 24.4 Å². The van der Waals surface area contributed by atoms with E-state index in [0.717, 1.165) is 35.7 Å². The lowest BCUT2D eigenvalue weighted by molar-refractivity contribution is 0.112. The molecule has 0 aliphatic carbocycles. The van der Waals surface area contributed by atoms with Gasteiger partial charge in [0.2, 0.25) is 0 Å². The number of aldehydes is 1. The molecule has 0 N–H and O–H groups in total. The van der Waals surface area contributed by atoms with Crippen LogP contribution >= 0.6 is 0 Å². The fourth-order valence-electron chi connectivity index (χ4n) is 2.34. The number of fused-ring (bicyclic) bond motifs is 1. The Hall–Kier alpha value is -2.49. The number of benzene rings is 2. The molecule has 0 spiro atoms. The highest BCUT2D eigenvalue weighted by molar-refractivity contribution is 5.80. The van der Waals surface area contributed by atoms with Gasteiger partial charge in [-0.05, 0) is 42.5 Å². The van der Waals surface area contributed by atoms with Crippen LogP contribution in [0.25, 0.3) is 0 Å². The van der Waals surface area contributed by atoms with Crippen LogP contribution < -0.4 is 14.4 Å². The lowest BCUT2D eigenvalue weighted by Gasteiger charge is -2.31. The zero-order chi connectivity index (χ0) is 13.9. The van der Waals surface area contributed by atoms with E-state index in [-0.39, 0.29) is 0 Å². The molecule has 4 nitrogen and oxygen atoms in total. The second kappa shape index (κ2) is 5.25. The Morgan fingerprint density at radius 1 is 1.20 bits per heavy atom. The minimum absolute atomic E-state index is 0.599. The van der Waals surface area contributed by atoms with Crippen LogP contribution in [-0.2, 0) is 0 Å². The second-order valence-electron chi connectivity index (χ2n) is 4.54. The van der Waals surface area contributed by atoms with E-state index < -0.39 is 0 Å². The minimum Gasteiger partial charge on any atom is -0.497 e. The van der Waals surface area contributed by atoms with Gasteiger partial charge in [-0.1, -0.05) is 0 Å². The van der Waals surface area contributed by atoms with E-state index in [1.165, 1.54) is 0 Å². The zero-order valence-electron chi connectivity index (χ0n) is 11.2. The molecule has 1 aliphatic heterocycles. The van der Waals surface area contributed by atoms with Crippen LogP contribution in [0.5, 0.6) is 11.5 Å². The number of nitrogens with zero attached hydrogens (tertiary/aromatic N) is 1. The molecule has 0 amide bonds. The highest BCUT2D eigenvalue weighted by atomic mass is 16.5. The minimum atomic E-state index is 0.599. The van der Waals surface area contributed by atoms with Gasteiger partial charge in [-0.2, -0.15) is 0 Å². The number of hydrogen-bond donors (Lipinski definition) is 0. The largest absolute Gasteiger partial charge is 0.497 e. The Balaban J connectivity index is 1.98. The maximum absolute atomic E-state index is 10.8. The third-order valence-electron chi connectivity index (χ3n) is 3.37. The molecule has 0 fully saturated rings. The molecule has 0 unspecified atom stereocenters. The number of rotatable bonds is 3. The molecular formula is C16H15NO3. The quantitative estimate of drug-likeness (QED) is 0.803. The number of anilines is 2. The molecule has 102 valence electrons. The Labute approximate surface area is 117 Å². The molecule has 2 aromatic carbocycles. The Bertz CT molecular complexity index is 622. The summed E-state index contributed by atoms with van der Waals surface area (Å²) in [5.74, 6) is 1.58. The molecule has 20 heavy (non-hydrogen) atoms. The van der Waals surface area contributed by atoms with Crippen LogP contribution in [0, 0.1) is 0 Å². The van der Waals surface area contributed by atoms with Gasteiger partial charge < -0.3 is 14.4 Å². The topological polar surface area (TPSA) is 38.8 Å². The first-order valence-corrected chi connectivity index (χ1v) is 6.45. The molecule has 4 heteroatoms. The third kappa shape index (κ3) is 2.20. The molecule has 2 aromatic rings. The van der Waals surface area contributed by atoms with Crippen LogP contribution in [0.3, 0.4) is 0 Å². The molecule has 3 rings (SSSR count). The molecule has 0 radical (unpaired) electrons. The van der Waals surface area contributed by atoms with Crippen molar-refractivity contribution in [1.82, 2.24) is 0 Å². The fourth-order valence-corrected chi connectivity index (χ4v) is 2.34. The van der Waals surface area contributed by atoms with Gasteiger partial charge in [0.25, 0.3) is 0 Å². The second-order valence-corrected chi connectivity index (χ2v) is 4.54. The first kappa shape index (κ1) is 12.5. The molecule has 0 atom stereocenters. The molecule has 0 saturated heterocycles. The number of hydrogen-bond acceptors (Lipinski definition) is 4. The maximum Gasteiger partial charge on any atom is 0.150 e. The van der Waals surface area contributed by atoms with Crippen molar-refractivity contribution >= 4 is 17.7 Å². The average molecular weight is 269 g/mol. The molecule has 0 aromatic heterocycles. The Morgan fingerprint density at radius 3 is 2.70 bits per heavy atom. The van der Waals surface area contributed by atoms with Crippen molar-refractivity contribution in [1.29, 1.82) is 0 Å². The third-order valence-corrected chi connectivity index (χ3v) is 3.37. The number of carbonyl (C=O) groups is 1. The molecular weight excluding hydrogens is 254 g/mol. The number of methoxy groups -OCH3 is 1. The maximum atomic E-state index is 10.8. The van der Waals surface area contributed by atoms with Crippen LogP contribution in [-0.4, -0.2) is 26.5 Å². The van der Waals surface area contributed by atoms with Crippen LogP contribution in [0.4, 0.5) is 11.4 Å². The Kier molecular flexibility index (Phi) is 3.29. The summed E-state index contributed by atoms with van der Waals surface area (Å²) in [5, 5.41) is 0. The first-order chi connectivity index (χ1) is 9.81. The summed E-state index contributed by atoms with van der Waals surface area (Å²) in [4.78, 5) is 13.0. The van der Waals surface area contributed by atoms with Gasteiger partial charge in [-0.15, -0.1) is 0 Å². The summed E-state index contributed by atoms with van der Waals surface area (Å²) in [6.45, 7) is 1.38. The number of carbonyl (C=O) groups excluding carboxylic acids is 1. The van der Waals surface area contributed by atoms with Gasteiger partial charge in [-0.3, -0.25) is 4.79 Å². The summed E-state index contributed by atoms with van der Waals surface area (Å²) in [6, 6.07) is 13.4. The van der Waals surface area contributed by atoms with E-state index in [1.807, 2.05) is 30.3 Å². The zero-order valence-corrected chi connectivity index (χ0v) is 11.2. The lowest BCUT2D eigenvalue weighted by atomic mass is 10.1. The SMILES string of the molecule is COc1ccc(N2CCOc3cc(C=O)ccc32)cc1. The molecule has 1 heterocycles. The van der Waals surface area contributed by atoms with E-state index in [1.54, 1.807) is 19.2 Å². The van der Waals surface area contributed by atoms with Crippen molar-refractivity contribution in [3.63, 3.8) is 0 Å². The molecule has 0 saturated carbocycles. The predicted octanol–water partition coefficient (Wildman–Crippen LogP) is 3.04. The first-order valence-electron chi connectivity index (χ1n) is 6.45. The van der Waals surface area contributed by atoms with Crippen molar-refractivity contribution in [2.24, 2.45) is 0 Å². The van der Waals surface area contributed by atoms with Crippen LogP contribution in [0.1, 0.15) is 10.4 Å². The van der Waals surface area contributed by atoms with E-state index in [9.17, 15) is 4.79 Å². The fraction of sp³-hybridized carbons (Fsp3) is 0.188. The van der Waals surface area contributed by atoms with Crippen LogP contribution in [0.15, 0.2) is 42.5 Å². The van der Waals surface area contributed by atoms with Gasteiger partial charge in [0.15, 0.2) is 0 Å². The monoisotopic (exact) mass is 269 g/mol. The van der Waals surface area contributed by atoms with E-state index in [0.29, 0.717) is 12.2 Å². The van der Waals surface area contributed by atoms with E-state index in [4.69, 9.17) is 9.47 Å². The smallest absolute Gasteiger partial charge is 0.150 e. The summed E-state index contributed by atoms with van der Waals surface area (Å²) in [6.07, 6.45) is 0.829. The lowest BCUT2D eigenvalue weighted by Crippen LogP contribution is -2.28. The summed E-state index contributed by atoms with van der Waals surface area (Å²) < 4.78 is 10.8. The standard InChI is InChI=1S/C16H15NO3/c1-19-14-5-3-13(4-6-14)17-8-9-20-16-10-12(11-18)2-7-15(16)17/h2-7,10-11H,8-9H2,1H3. The van der Waals surface area contributed by atoms with Crippen molar-refractivity contribution in [3.05, 3.63) is 48.0 Å². The highest BCUT2D eigenvalue weighted by Gasteiger charge is 2.19. The summed E-state index contributed by atoms with van der Waals surface area (Å²) in [7, 11) is 1.65. The highest BCUT2D eigenvalue weighted by Crippen LogP contribution is 2.37. The van der Waals surface area contributed by atoms with Crippen molar-refractivity contribution in [2.45, 2.75) is 0 Å². The average Bonchev–Trinajstić information content (AvgIpc) is 2.54. The normalized spacial score (nSPS) is 13.3. The van der Waals surface area contributed by atoms with Crippen molar-refractivity contribution in [2.75, 3.05) is 25.2 Å². The van der Waals surface area contributed by atoms with Gasteiger partial charge >= 0.3 is 0 Å². The van der Waals surface area contributed by atoms with Crippen molar-refractivity contribution < 1.29 is 14.3 Å². The van der Waals surface area contributed by atoms with Gasteiger partial charge in [0.05, 0.1) is 19.3 Å². The predicted molar refractivity (Wildman–Crippen MR) is 77.3 cm³/mol. The summed E-state index contributed by atoms with van der Waals surface area (Å²) >= 11 is 0. The van der Waals surface area contributed by atoms with Gasteiger partial charge in [-0.25, -0.2) is 0 Å². The molecule has 1 aliphatic rings. The Morgan fingerprint density at radius 2 is 2.00 bits per heavy atom. The number of ether oxygens (including phenoxy) is 2. The van der Waals surface area contributed by atoms with Crippen molar-refractivity contribution in [3.8, 4) is 11.5 Å². The van der Waals surface area contributed by atoms with E-state index >= 15 is 0 Å².